The lowest BCUT2D eigenvalue weighted by molar-refractivity contribution is 0.0950. The molecule has 2 aromatic carbocycles. The Labute approximate surface area is 220 Å². The van der Waals surface area contributed by atoms with Gasteiger partial charge in [-0.25, -0.2) is 18.4 Å². The average molecular weight is 551 g/mol. The molecule has 0 fully saturated rings. The van der Waals surface area contributed by atoms with E-state index >= 15 is 0 Å². The van der Waals surface area contributed by atoms with Gasteiger partial charge in [0.1, 0.15) is 17.8 Å². The Kier molecular flexibility index (Phi) is 6.77. The molecule has 0 aliphatic rings. The number of aromatic amines is 2. The average Bonchev–Trinajstić information content (AvgIpc) is 3.58. The van der Waals surface area contributed by atoms with Gasteiger partial charge < -0.3 is 20.9 Å². The summed E-state index contributed by atoms with van der Waals surface area (Å²) < 4.78 is 22.7. The van der Waals surface area contributed by atoms with Crippen LogP contribution in [0.15, 0.2) is 78.2 Å². The van der Waals surface area contributed by atoms with Gasteiger partial charge >= 0.3 is 0 Å². The monoisotopic (exact) mass is 550 g/mol. The smallest absolute Gasteiger partial charge is 0.278 e. The topological polar surface area (TPSA) is 175 Å². The number of amides is 2. The molecule has 192 valence electrons. The largest absolute Gasteiger partial charge is 0.348 e. The molecule has 2 amide bonds. The van der Waals surface area contributed by atoms with Crippen LogP contribution in [0.4, 0.5) is 17.2 Å². The van der Waals surface area contributed by atoms with Gasteiger partial charge in [0.15, 0.2) is 5.69 Å². The molecule has 0 unspecified atom stereocenters. The molecule has 3 aromatic heterocycles. The molecule has 5 rings (SSSR count). The Morgan fingerprint density at radius 1 is 0.947 bits per heavy atom. The lowest BCUT2D eigenvalue weighted by Gasteiger charge is -2.09. The van der Waals surface area contributed by atoms with Gasteiger partial charge in [0, 0.05) is 40.9 Å². The third kappa shape index (κ3) is 5.48. The summed E-state index contributed by atoms with van der Waals surface area (Å²) >= 11 is 0. The minimum atomic E-state index is -3.86. The molecule has 0 bridgehead atoms. The van der Waals surface area contributed by atoms with E-state index in [9.17, 15) is 18.0 Å². The summed E-state index contributed by atoms with van der Waals surface area (Å²) in [5, 5.41) is 16.2. The van der Waals surface area contributed by atoms with Gasteiger partial charge in [0.2, 0.25) is 0 Å². The van der Waals surface area contributed by atoms with Crippen molar-refractivity contribution in [3.05, 3.63) is 90.1 Å². The fourth-order valence-corrected chi connectivity index (χ4v) is 4.38. The van der Waals surface area contributed by atoms with Gasteiger partial charge in [0.05, 0.1) is 16.0 Å². The minimum absolute atomic E-state index is 0.0851. The van der Waals surface area contributed by atoms with Crippen LogP contribution >= 0.6 is 10.7 Å². The number of nitrogens with zero attached hydrogens (tertiary/aromatic N) is 3. The molecule has 0 radical (unpaired) electrons. The van der Waals surface area contributed by atoms with E-state index in [2.05, 4.69) is 41.1 Å². The highest BCUT2D eigenvalue weighted by atomic mass is 35.7. The van der Waals surface area contributed by atoms with Crippen LogP contribution in [-0.2, 0) is 15.6 Å². The van der Waals surface area contributed by atoms with Gasteiger partial charge in [-0.05, 0) is 48.0 Å². The molecule has 0 saturated carbocycles. The number of carbonyl (C=O) groups is 2. The second-order valence-corrected chi connectivity index (χ2v) is 10.6. The number of hydrogen-bond acceptors (Lipinski definition) is 8. The van der Waals surface area contributed by atoms with E-state index in [1.54, 1.807) is 36.7 Å². The molecule has 0 aliphatic heterocycles. The number of aromatic nitrogens is 5. The quantitative estimate of drug-likeness (QED) is 0.182. The van der Waals surface area contributed by atoms with Crippen molar-refractivity contribution in [1.29, 1.82) is 0 Å². The van der Waals surface area contributed by atoms with Crippen LogP contribution < -0.4 is 16.0 Å². The summed E-state index contributed by atoms with van der Waals surface area (Å²) in [5.74, 6) is -0.283. The van der Waals surface area contributed by atoms with Crippen LogP contribution in [0.5, 0.6) is 0 Å². The van der Waals surface area contributed by atoms with Crippen LogP contribution in [0, 0.1) is 0 Å². The first kappa shape index (κ1) is 24.9. The summed E-state index contributed by atoms with van der Waals surface area (Å²) in [6.07, 6.45) is 4.72. The number of fused-ring (bicyclic) bond motifs is 1. The fourth-order valence-electron chi connectivity index (χ4n) is 3.61. The molecule has 0 aliphatic carbocycles. The number of carbonyl (C=O) groups excluding carboxylic acids is 2. The number of halogens is 1. The summed E-state index contributed by atoms with van der Waals surface area (Å²) in [6, 6.07) is 14.0. The standard InChI is InChI=1S/C24H19ClN8O4S/c25-38(36,37)17-7-3-15(4-8-17)23(34)27-11-14-1-5-16(6-2-14)31-24(35)20-19(12-30-33-20)32-22-18-9-10-26-21(18)28-13-29-22/h1-10,12-13H,11H2,(H,27,34)(H,30,33)(H,31,35)(H2,26,28,29,32). The van der Waals surface area contributed by atoms with E-state index in [0.29, 0.717) is 28.4 Å². The third-order valence-corrected chi connectivity index (χ3v) is 6.90. The highest BCUT2D eigenvalue weighted by Gasteiger charge is 2.17. The molecular formula is C24H19ClN8O4S. The number of benzene rings is 2. The van der Waals surface area contributed by atoms with Crippen LogP contribution in [0.3, 0.4) is 0 Å². The molecule has 5 aromatic rings. The van der Waals surface area contributed by atoms with Gasteiger partial charge in [-0.2, -0.15) is 5.10 Å². The lowest BCUT2D eigenvalue weighted by Crippen LogP contribution is -2.22. The van der Waals surface area contributed by atoms with Crippen molar-refractivity contribution in [3.8, 4) is 0 Å². The first-order valence-corrected chi connectivity index (χ1v) is 13.4. The molecule has 3 heterocycles. The van der Waals surface area contributed by atoms with E-state index in [4.69, 9.17) is 10.7 Å². The molecule has 12 nitrogen and oxygen atoms in total. The fraction of sp³-hybridized carbons (Fsp3) is 0.0417. The van der Waals surface area contributed by atoms with E-state index in [1.165, 1.54) is 30.6 Å². The Balaban J connectivity index is 1.19. The Hall–Kier alpha value is -4.75. The first-order valence-electron chi connectivity index (χ1n) is 11.1. The van der Waals surface area contributed by atoms with Crippen molar-refractivity contribution in [3.63, 3.8) is 0 Å². The van der Waals surface area contributed by atoms with Gasteiger partial charge in [0.25, 0.3) is 20.9 Å². The molecule has 0 atom stereocenters. The van der Waals surface area contributed by atoms with Crippen molar-refractivity contribution < 1.29 is 18.0 Å². The predicted molar refractivity (Wildman–Crippen MR) is 141 cm³/mol. The summed E-state index contributed by atoms with van der Waals surface area (Å²) in [6.45, 7) is 0.225. The third-order valence-electron chi connectivity index (χ3n) is 5.53. The number of anilines is 3. The molecule has 0 saturated heterocycles. The van der Waals surface area contributed by atoms with Crippen LogP contribution in [0.25, 0.3) is 11.0 Å². The first-order chi connectivity index (χ1) is 18.3. The number of H-pyrrole nitrogens is 2. The zero-order valence-corrected chi connectivity index (χ0v) is 21.0. The highest BCUT2D eigenvalue weighted by Crippen LogP contribution is 2.24. The van der Waals surface area contributed by atoms with E-state index in [-0.39, 0.29) is 23.0 Å². The van der Waals surface area contributed by atoms with E-state index in [0.717, 1.165) is 10.9 Å². The van der Waals surface area contributed by atoms with Crippen molar-refractivity contribution in [1.82, 2.24) is 30.5 Å². The SMILES string of the molecule is O=C(NCc1ccc(NC(=O)c2n[nH]cc2Nc2ncnc3[nH]ccc23)cc1)c1ccc(S(=O)(=O)Cl)cc1. The van der Waals surface area contributed by atoms with Crippen LogP contribution in [0.1, 0.15) is 26.4 Å². The van der Waals surface area contributed by atoms with Crippen molar-refractivity contribution in [2.45, 2.75) is 11.4 Å². The van der Waals surface area contributed by atoms with Crippen molar-refractivity contribution in [2.24, 2.45) is 0 Å². The van der Waals surface area contributed by atoms with Crippen molar-refractivity contribution in [2.75, 3.05) is 10.6 Å². The summed E-state index contributed by atoms with van der Waals surface area (Å²) in [4.78, 5) is 36.5. The Bertz CT molecular complexity index is 1730. The number of nitrogens with one attached hydrogen (secondary N) is 5. The molecule has 38 heavy (non-hydrogen) atoms. The Morgan fingerprint density at radius 3 is 2.45 bits per heavy atom. The van der Waals surface area contributed by atoms with Gasteiger partial charge in [-0.1, -0.05) is 12.1 Å². The van der Waals surface area contributed by atoms with E-state index < -0.39 is 15.0 Å². The second kappa shape index (κ2) is 10.3. The maximum absolute atomic E-state index is 12.9. The maximum atomic E-state index is 12.9. The van der Waals surface area contributed by atoms with Crippen LogP contribution in [-0.4, -0.2) is 45.4 Å². The minimum Gasteiger partial charge on any atom is -0.348 e. The van der Waals surface area contributed by atoms with Gasteiger partial charge in [-0.3, -0.25) is 14.7 Å². The summed E-state index contributed by atoms with van der Waals surface area (Å²) in [7, 11) is 1.44. The maximum Gasteiger partial charge on any atom is 0.278 e. The van der Waals surface area contributed by atoms with Gasteiger partial charge in [-0.15, -0.1) is 0 Å². The molecule has 14 heteroatoms. The zero-order valence-electron chi connectivity index (χ0n) is 19.4. The molecule has 5 N–H and O–H groups in total. The number of rotatable bonds is 8. The van der Waals surface area contributed by atoms with Crippen LogP contribution in [0.2, 0.25) is 0 Å². The summed E-state index contributed by atoms with van der Waals surface area (Å²) in [5.41, 5.74) is 2.87. The van der Waals surface area contributed by atoms with E-state index in [1.807, 2.05) is 6.07 Å². The van der Waals surface area contributed by atoms with Crippen molar-refractivity contribution >= 4 is 59.8 Å². The lowest BCUT2D eigenvalue weighted by atomic mass is 10.1. The zero-order chi connectivity index (χ0) is 26.7. The predicted octanol–water partition coefficient (Wildman–Crippen LogP) is 3.53. The second-order valence-electron chi connectivity index (χ2n) is 8.03. The number of hydrogen-bond donors (Lipinski definition) is 5. The Morgan fingerprint density at radius 2 is 1.71 bits per heavy atom. The highest BCUT2D eigenvalue weighted by molar-refractivity contribution is 8.13. The normalized spacial score (nSPS) is 11.3. The molecule has 0 spiro atoms. The molecular weight excluding hydrogens is 532 g/mol.